The fraction of sp³-hybridized carbons (Fsp3) is 0.154. The second kappa shape index (κ2) is 5.60. The number of hydrogen-bond donors (Lipinski definition) is 1. The average Bonchev–Trinajstić information content (AvgIpc) is 2.38. The number of nitrogens with zero attached hydrogens (tertiary/aromatic N) is 2. The molecule has 104 valence electrons. The van der Waals surface area contributed by atoms with Gasteiger partial charge in [0.1, 0.15) is 5.69 Å². The number of nitro groups is 1. The summed E-state index contributed by atoms with van der Waals surface area (Å²) in [6, 6.07) is 9.86. The molecular formula is C13H11F2N3O2. The van der Waals surface area contributed by atoms with Crippen molar-refractivity contribution in [1.82, 2.24) is 4.98 Å². The Balaban J connectivity index is 2.51. The number of alkyl halides is 2. The van der Waals surface area contributed by atoms with Gasteiger partial charge in [0.25, 0.3) is 6.43 Å². The van der Waals surface area contributed by atoms with Crippen molar-refractivity contribution in [3.05, 3.63) is 63.3 Å². The smallest absolute Gasteiger partial charge is 0.314 e. The molecule has 2 N–H and O–H groups in total. The first kappa shape index (κ1) is 13.9. The van der Waals surface area contributed by atoms with Crippen LogP contribution in [-0.4, -0.2) is 9.91 Å². The van der Waals surface area contributed by atoms with Crippen molar-refractivity contribution in [2.45, 2.75) is 12.8 Å². The van der Waals surface area contributed by atoms with Gasteiger partial charge in [-0.2, -0.15) is 0 Å². The maximum absolute atomic E-state index is 12.7. The van der Waals surface area contributed by atoms with Crippen LogP contribution >= 0.6 is 0 Å². The summed E-state index contributed by atoms with van der Waals surface area (Å²) in [4.78, 5) is 13.7. The zero-order valence-corrected chi connectivity index (χ0v) is 10.3. The van der Waals surface area contributed by atoms with Gasteiger partial charge in [-0.1, -0.05) is 30.3 Å². The topological polar surface area (TPSA) is 82.0 Å². The molecule has 1 aromatic carbocycles. The Hall–Kier alpha value is -2.57. The van der Waals surface area contributed by atoms with Crippen LogP contribution in [-0.2, 0) is 6.42 Å². The molecule has 0 bridgehead atoms. The summed E-state index contributed by atoms with van der Waals surface area (Å²) >= 11 is 0. The Bertz CT molecular complexity index is 633. The van der Waals surface area contributed by atoms with E-state index in [0.29, 0.717) is 0 Å². The minimum Gasteiger partial charge on any atom is -0.378 e. The SMILES string of the molecule is Nc1nc(C(F)F)cc(Cc2ccccc2)c1[N+](=O)[O-]. The van der Waals surface area contributed by atoms with Gasteiger partial charge in [0, 0.05) is 12.0 Å². The third kappa shape index (κ3) is 2.87. The minimum absolute atomic E-state index is 0.129. The number of pyridine rings is 1. The fourth-order valence-electron chi connectivity index (χ4n) is 1.91. The van der Waals surface area contributed by atoms with E-state index in [1.54, 1.807) is 30.3 Å². The van der Waals surface area contributed by atoms with Crippen molar-refractivity contribution in [2.24, 2.45) is 0 Å². The highest BCUT2D eigenvalue weighted by Crippen LogP contribution is 2.30. The molecule has 0 aliphatic heterocycles. The van der Waals surface area contributed by atoms with E-state index in [0.717, 1.165) is 11.6 Å². The van der Waals surface area contributed by atoms with E-state index >= 15 is 0 Å². The van der Waals surface area contributed by atoms with Crippen LogP contribution in [0.2, 0.25) is 0 Å². The lowest BCUT2D eigenvalue weighted by Gasteiger charge is -2.08. The summed E-state index contributed by atoms with van der Waals surface area (Å²) < 4.78 is 25.4. The third-order valence-corrected chi connectivity index (χ3v) is 2.76. The Morgan fingerprint density at radius 2 is 1.95 bits per heavy atom. The second-order valence-corrected chi connectivity index (χ2v) is 4.16. The van der Waals surface area contributed by atoms with Gasteiger partial charge in [-0.25, -0.2) is 13.8 Å². The van der Waals surface area contributed by atoms with Crippen molar-refractivity contribution in [3.63, 3.8) is 0 Å². The van der Waals surface area contributed by atoms with E-state index < -0.39 is 28.5 Å². The number of benzene rings is 1. The van der Waals surface area contributed by atoms with Crippen molar-refractivity contribution in [1.29, 1.82) is 0 Å². The van der Waals surface area contributed by atoms with Crippen molar-refractivity contribution in [2.75, 3.05) is 5.73 Å². The van der Waals surface area contributed by atoms with Gasteiger partial charge in [-0.3, -0.25) is 10.1 Å². The second-order valence-electron chi connectivity index (χ2n) is 4.16. The highest BCUT2D eigenvalue weighted by molar-refractivity contribution is 5.59. The molecule has 0 aliphatic rings. The van der Waals surface area contributed by atoms with Crippen LogP contribution in [0.3, 0.4) is 0 Å². The predicted octanol–water partition coefficient (Wildman–Crippen LogP) is 3.10. The zero-order chi connectivity index (χ0) is 14.7. The van der Waals surface area contributed by atoms with E-state index in [2.05, 4.69) is 4.98 Å². The van der Waals surface area contributed by atoms with Crippen LogP contribution in [0, 0.1) is 10.1 Å². The molecule has 5 nitrogen and oxygen atoms in total. The van der Waals surface area contributed by atoms with Crippen LogP contribution < -0.4 is 5.73 Å². The molecule has 2 rings (SSSR count). The lowest BCUT2D eigenvalue weighted by molar-refractivity contribution is -0.384. The molecule has 2 aromatic rings. The molecule has 0 fully saturated rings. The molecule has 0 amide bonds. The summed E-state index contributed by atoms with van der Waals surface area (Å²) in [6.07, 6.45) is -2.68. The highest BCUT2D eigenvalue weighted by atomic mass is 19.3. The molecule has 0 radical (unpaired) electrons. The molecule has 0 saturated heterocycles. The molecule has 0 unspecified atom stereocenters. The summed E-state index contributed by atoms with van der Waals surface area (Å²) in [7, 11) is 0. The van der Waals surface area contributed by atoms with Gasteiger partial charge in [-0.05, 0) is 11.6 Å². The summed E-state index contributed by atoms with van der Waals surface area (Å²) in [5, 5.41) is 11.0. The van der Waals surface area contributed by atoms with Gasteiger partial charge in [0.2, 0.25) is 5.82 Å². The van der Waals surface area contributed by atoms with Crippen LogP contribution in [0.5, 0.6) is 0 Å². The van der Waals surface area contributed by atoms with Gasteiger partial charge in [0.05, 0.1) is 4.92 Å². The average molecular weight is 279 g/mol. The van der Waals surface area contributed by atoms with Crippen molar-refractivity contribution in [3.8, 4) is 0 Å². The van der Waals surface area contributed by atoms with Crippen molar-refractivity contribution >= 4 is 11.5 Å². The maximum Gasteiger partial charge on any atom is 0.314 e. The zero-order valence-electron chi connectivity index (χ0n) is 10.3. The molecule has 0 aliphatic carbocycles. The molecule has 0 atom stereocenters. The van der Waals surface area contributed by atoms with Crippen molar-refractivity contribution < 1.29 is 13.7 Å². The standard InChI is InChI=1S/C13H11F2N3O2/c14-12(15)10-7-9(6-8-4-2-1-3-5-8)11(18(19)20)13(16)17-10/h1-5,7,12H,6H2,(H2,16,17). The molecule has 1 aromatic heterocycles. The monoisotopic (exact) mass is 279 g/mol. The summed E-state index contributed by atoms with van der Waals surface area (Å²) in [5.74, 6) is -0.487. The highest BCUT2D eigenvalue weighted by Gasteiger charge is 2.23. The number of nitrogens with two attached hydrogens (primary N) is 1. The molecule has 20 heavy (non-hydrogen) atoms. The molecule has 0 saturated carbocycles. The fourth-order valence-corrected chi connectivity index (χ4v) is 1.91. The number of halogens is 2. The molecular weight excluding hydrogens is 268 g/mol. The molecule has 0 spiro atoms. The molecule has 7 heteroatoms. The van der Waals surface area contributed by atoms with Gasteiger partial charge >= 0.3 is 5.69 Å². The lowest BCUT2D eigenvalue weighted by Crippen LogP contribution is -2.06. The predicted molar refractivity (Wildman–Crippen MR) is 69.5 cm³/mol. The van der Waals surface area contributed by atoms with E-state index in [1.165, 1.54) is 0 Å². The van der Waals surface area contributed by atoms with Gasteiger partial charge in [0.15, 0.2) is 0 Å². The Kier molecular flexibility index (Phi) is 3.88. The molecule has 1 heterocycles. The van der Waals surface area contributed by atoms with E-state index in [1.807, 2.05) is 0 Å². The van der Waals surface area contributed by atoms with E-state index in [-0.39, 0.29) is 12.0 Å². The number of anilines is 1. The minimum atomic E-state index is -2.83. The maximum atomic E-state index is 12.7. The van der Waals surface area contributed by atoms with Crippen LogP contribution in [0.15, 0.2) is 36.4 Å². The summed E-state index contributed by atoms with van der Waals surface area (Å²) in [6.45, 7) is 0. The number of aromatic nitrogens is 1. The Morgan fingerprint density at radius 1 is 1.30 bits per heavy atom. The number of hydrogen-bond acceptors (Lipinski definition) is 4. The lowest BCUT2D eigenvalue weighted by atomic mass is 10.0. The first-order chi connectivity index (χ1) is 9.49. The van der Waals surface area contributed by atoms with Crippen LogP contribution in [0.25, 0.3) is 0 Å². The normalized spacial score (nSPS) is 10.8. The number of rotatable bonds is 4. The summed E-state index contributed by atoms with van der Waals surface area (Å²) in [5.41, 5.74) is 5.35. The van der Waals surface area contributed by atoms with Crippen LogP contribution in [0.1, 0.15) is 23.2 Å². The first-order valence-corrected chi connectivity index (χ1v) is 5.74. The largest absolute Gasteiger partial charge is 0.378 e. The Labute approximate surface area is 113 Å². The van der Waals surface area contributed by atoms with E-state index in [9.17, 15) is 18.9 Å². The first-order valence-electron chi connectivity index (χ1n) is 5.74. The van der Waals surface area contributed by atoms with Gasteiger partial charge in [-0.15, -0.1) is 0 Å². The quantitative estimate of drug-likeness (QED) is 0.688. The Morgan fingerprint density at radius 3 is 2.50 bits per heavy atom. The third-order valence-electron chi connectivity index (χ3n) is 2.76. The van der Waals surface area contributed by atoms with E-state index in [4.69, 9.17) is 5.73 Å². The van der Waals surface area contributed by atoms with Crippen LogP contribution in [0.4, 0.5) is 20.3 Å². The van der Waals surface area contributed by atoms with Gasteiger partial charge < -0.3 is 5.73 Å². The number of nitrogen functional groups attached to an aromatic ring is 1.